The summed E-state index contributed by atoms with van der Waals surface area (Å²) in [5.74, 6) is 1.33. The molecule has 6 heteroatoms. The summed E-state index contributed by atoms with van der Waals surface area (Å²) in [5.41, 5.74) is 1.35. The maximum Gasteiger partial charge on any atom is 0.323 e. The van der Waals surface area contributed by atoms with Gasteiger partial charge in [-0.15, -0.1) is 0 Å². The number of rotatable bonds is 2. The van der Waals surface area contributed by atoms with E-state index in [2.05, 4.69) is 26.6 Å². The van der Waals surface area contributed by atoms with E-state index in [0.717, 1.165) is 4.47 Å². The van der Waals surface area contributed by atoms with Crippen molar-refractivity contribution in [3.05, 3.63) is 46.9 Å². The van der Waals surface area contributed by atoms with Crippen molar-refractivity contribution in [2.75, 3.05) is 23.8 Å². The molecule has 0 saturated carbocycles. The fraction of sp³-hybridized carbons (Fsp3) is 0.133. The van der Waals surface area contributed by atoms with Crippen LogP contribution in [0.25, 0.3) is 0 Å². The minimum atomic E-state index is -0.315. The van der Waals surface area contributed by atoms with Gasteiger partial charge in [0.1, 0.15) is 13.2 Å². The molecule has 108 valence electrons. The Morgan fingerprint density at radius 1 is 0.952 bits per heavy atom. The second-order valence-corrected chi connectivity index (χ2v) is 5.36. The van der Waals surface area contributed by atoms with Crippen LogP contribution in [0, 0.1) is 0 Å². The molecule has 1 aliphatic heterocycles. The van der Waals surface area contributed by atoms with Crippen molar-refractivity contribution in [1.29, 1.82) is 0 Å². The van der Waals surface area contributed by atoms with Crippen molar-refractivity contribution in [2.24, 2.45) is 0 Å². The van der Waals surface area contributed by atoms with Gasteiger partial charge in [-0.2, -0.15) is 0 Å². The highest BCUT2D eigenvalue weighted by Crippen LogP contribution is 2.32. The molecule has 21 heavy (non-hydrogen) atoms. The van der Waals surface area contributed by atoms with Gasteiger partial charge in [0.15, 0.2) is 11.5 Å². The number of fused-ring (bicyclic) bond motifs is 1. The van der Waals surface area contributed by atoms with Crippen molar-refractivity contribution in [3.8, 4) is 11.5 Å². The van der Waals surface area contributed by atoms with Crippen LogP contribution in [-0.4, -0.2) is 19.2 Å². The van der Waals surface area contributed by atoms with Crippen LogP contribution >= 0.6 is 15.9 Å². The number of urea groups is 1. The zero-order chi connectivity index (χ0) is 14.7. The summed E-state index contributed by atoms with van der Waals surface area (Å²) in [6.07, 6.45) is 0. The third-order valence-corrected chi connectivity index (χ3v) is 3.38. The number of nitrogens with one attached hydrogen (secondary N) is 2. The molecule has 0 aliphatic carbocycles. The molecule has 0 fully saturated rings. The Labute approximate surface area is 130 Å². The van der Waals surface area contributed by atoms with E-state index in [4.69, 9.17) is 9.47 Å². The van der Waals surface area contributed by atoms with Crippen molar-refractivity contribution < 1.29 is 14.3 Å². The van der Waals surface area contributed by atoms with E-state index in [1.807, 2.05) is 24.3 Å². The Balaban J connectivity index is 1.67. The first kappa shape index (κ1) is 13.8. The largest absolute Gasteiger partial charge is 0.486 e. The standard InChI is InChI=1S/C15H13BrN2O3/c16-10-2-1-3-11(8-10)17-15(19)18-12-4-5-13-14(9-12)21-7-6-20-13/h1-5,8-9H,6-7H2,(H2,17,18,19). The number of hydrogen-bond acceptors (Lipinski definition) is 3. The average molecular weight is 349 g/mol. The molecule has 2 aromatic carbocycles. The van der Waals surface area contributed by atoms with Crippen LogP contribution in [0.5, 0.6) is 11.5 Å². The third kappa shape index (κ3) is 3.46. The SMILES string of the molecule is O=C(Nc1cccc(Br)c1)Nc1ccc2c(c1)OCCO2. The maximum absolute atomic E-state index is 12.0. The lowest BCUT2D eigenvalue weighted by atomic mass is 10.2. The van der Waals surface area contributed by atoms with Gasteiger partial charge in [0, 0.05) is 21.9 Å². The molecule has 0 radical (unpaired) electrons. The Morgan fingerprint density at radius 2 is 1.67 bits per heavy atom. The maximum atomic E-state index is 12.0. The molecule has 1 aliphatic rings. The molecular formula is C15H13BrN2O3. The molecule has 0 aromatic heterocycles. The summed E-state index contributed by atoms with van der Waals surface area (Å²) in [6, 6.07) is 12.4. The van der Waals surface area contributed by atoms with E-state index in [9.17, 15) is 4.79 Å². The lowest BCUT2D eigenvalue weighted by Gasteiger charge is -2.19. The van der Waals surface area contributed by atoms with Crippen LogP contribution in [0.15, 0.2) is 46.9 Å². The molecule has 1 heterocycles. The Morgan fingerprint density at radius 3 is 2.43 bits per heavy atom. The van der Waals surface area contributed by atoms with Crippen molar-refractivity contribution >= 4 is 33.3 Å². The van der Waals surface area contributed by atoms with Crippen LogP contribution in [0.3, 0.4) is 0 Å². The van der Waals surface area contributed by atoms with Crippen molar-refractivity contribution in [3.63, 3.8) is 0 Å². The molecule has 0 unspecified atom stereocenters. The van der Waals surface area contributed by atoms with Crippen LogP contribution < -0.4 is 20.1 Å². The van der Waals surface area contributed by atoms with Gasteiger partial charge in [-0.25, -0.2) is 4.79 Å². The van der Waals surface area contributed by atoms with Crippen molar-refractivity contribution in [1.82, 2.24) is 0 Å². The second kappa shape index (κ2) is 6.05. The minimum absolute atomic E-state index is 0.315. The number of halogens is 1. The molecule has 3 rings (SSSR count). The summed E-state index contributed by atoms with van der Waals surface area (Å²) in [6.45, 7) is 1.06. The summed E-state index contributed by atoms with van der Waals surface area (Å²) < 4.78 is 11.8. The number of ether oxygens (including phenoxy) is 2. The van der Waals surface area contributed by atoms with Gasteiger partial charge in [-0.1, -0.05) is 22.0 Å². The Hall–Kier alpha value is -2.21. The molecule has 0 bridgehead atoms. The zero-order valence-electron chi connectivity index (χ0n) is 11.1. The quantitative estimate of drug-likeness (QED) is 0.866. The first-order valence-corrected chi connectivity index (χ1v) is 7.23. The van der Waals surface area contributed by atoms with E-state index in [0.29, 0.717) is 36.1 Å². The number of carbonyl (C=O) groups excluding carboxylic acids is 1. The summed E-state index contributed by atoms with van der Waals surface area (Å²) in [4.78, 5) is 12.0. The topological polar surface area (TPSA) is 59.6 Å². The van der Waals surface area contributed by atoms with Crippen LogP contribution in [-0.2, 0) is 0 Å². The normalized spacial score (nSPS) is 12.6. The number of amides is 2. The van der Waals surface area contributed by atoms with Gasteiger partial charge in [0.05, 0.1) is 0 Å². The number of hydrogen-bond donors (Lipinski definition) is 2. The number of benzene rings is 2. The molecule has 5 nitrogen and oxygen atoms in total. The predicted molar refractivity (Wildman–Crippen MR) is 84.2 cm³/mol. The van der Waals surface area contributed by atoms with Gasteiger partial charge in [0.2, 0.25) is 0 Å². The second-order valence-electron chi connectivity index (χ2n) is 4.45. The lowest BCUT2D eigenvalue weighted by molar-refractivity contribution is 0.171. The van der Waals surface area contributed by atoms with E-state index in [1.165, 1.54) is 0 Å². The monoisotopic (exact) mass is 348 g/mol. The van der Waals surface area contributed by atoms with Gasteiger partial charge >= 0.3 is 6.03 Å². The molecular weight excluding hydrogens is 336 g/mol. The molecule has 0 atom stereocenters. The minimum Gasteiger partial charge on any atom is -0.486 e. The van der Waals surface area contributed by atoms with Crippen LogP contribution in [0.2, 0.25) is 0 Å². The van der Waals surface area contributed by atoms with E-state index in [-0.39, 0.29) is 6.03 Å². The smallest absolute Gasteiger partial charge is 0.323 e. The average Bonchev–Trinajstić information content (AvgIpc) is 2.47. The van der Waals surface area contributed by atoms with Crippen molar-refractivity contribution in [2.45, 2.75) is 0 Å². The predicted octanol–water partition coefficient (Wildman–Crippen LogP) is 3.86. The molecule has 2 N–H and O–H groups in total. The lowest BCUT2D eigenvalue weighted by Crippen LogP contribution is -2.20. The molecule has 2 aromatic rings. The van der Waals surface area contributed by atoms with Gasteiger partial charge in [-0.3, -0.25) is 0 Å². The molecule has 0 spiro atoms. The summed E-state index contributed by atoms with van der Waals surface area (Å²) >= 11 is 3.36. The number of anilines is 2. The van der Waals surface area contributed by atoms with Gasteiger partial charge in [0.25, 0.3) is 0 Å². The zero-order valence-corrected chi connectivity index (χ0v) is 12.6. The molecule has 2 amide bonds. The fourth-order valence-electron chi connectivity index (χ4n) is 1.98. The Bertz CT molecular complexity index is 676. The third-order valence-electron chi connectivity index (χ3n) is 2.88. The first-order valence-electron chi connectivity index (χ1n) is 6.44. The van der Waals surface area contributed by atoms with Crippen LogP contribution in [0.4, 0.5) is 16.2 Å². The van der Waals surface area contributed by atoms with E-state index in [1.54, 1.807) is 18.2 Å². The Kier molecular flexibility index (Phi) is 3.96. The highest BCUT2D eigenvalue weighted by atomic mass is 79.9. The van der Waals surface area contributed by atoms with Gasteiger partial charge in [-0.05, 0) is 30.3 Å². The molecule has 0 saturated heterocycles. The van der Waals surface area contributed by atoms with E-state index < -0.39 is 0 Å². The van der Waals surface area contributed by atoms with E-state index >= 15 is 0 Å². The first-order chi connectivity index (χ1) is 10.2. The van der Waals surface area contributed by atoms with Gasteiger partial charge < -0.3 is 20.1 Å². The summed E-state index contributed by atoms with van der Waals surface area (Å²) in [7, 11) is 0. The fourth-order valence-corrected chi connectivity index (χ4v) is 2.38. The summed E-state index contributed by atoms with van der Waals surface area (Å²) in [5, 5.41) is 5.52. The highest BCUT2D eigenvalue weighted by molar-refractivity contribution is 9.10. The number of carbonyl (C=O) groups is 1. The highest BCUT2D eigenvalue weighted by Gasteiger charge is 2.12. The van der Waals surface area contributed by atoms with Crippen LogP contribution in [0.1, 0.15) is 0 Å².